The molecule has 0 aliphatic carbocycles. The Morgan fingerprint density at radius 3 is 0.833 bits per heavy atom. The molecule has 5 unspecified atom stereocenters. The molecule has 0 aliphatic heterocycles. The van der Waals surface area contributed by atoms with E-state index in [4.69, 9.17) is 37.0 Å². The smallest absolute Gasteiger partial charge is 0.462 e. The van der Waals surface area contributed by atoms with E-state index in [-0.39, 0.29) is 25.7 Å². The molecule has 0 heterocycles. The summed E-state index contributed by atoms with van der Waals surface area (Å²) in [5.41, 5.74) is 0. The zero-order valence-corrected chi connectivity index (χ0v) is 65.0. The van der Waals surface area contributed by atoms with Gasteiger partial charge in [0.15, 0.2) is 12.2 Å². The number of allylic oxidation sites excluding steroid dienone is 26. The Kier molecular flexibility index (Phi) is 70.1. The van der Waals surface area contributed by atoms with Crippen LogP contribution in [0.3, 0.4) is 0 Å². The molecule has 0 spiro atoms. The zero-order valence-electron chi connectivity index (χ0n) is 63.2. The summed E-state index contributed by atoms with van der Waals surface area (Å²) < 4.78 is 68.4. The SMILES string of the molecule is CC/C=C\C/C=C\C/C=C\C/C=C\C/C=C\CCCC(=O)OCC(COP(=O)(O)OCC(O)COP(=O)(O)OCC(COC(=O)CCCCCCCC/C=C\C/C=C\C/C=C\C/C=C\CC)OC(=O)CCCCCCC/C=C\C/C=C\C/C=C\CC)OC(=O)CCCCCCC/C=C\CCCC. The number of aliphatic hydroxyl groups excluding tert-OH is 1. The van der Waals surface area contributed by atoms with Crippen molar-refractivity contribution >= 4 is 39.5 Å². The minimum atomic E-state index is -4.99. The Bertz CT molecular complexity index is 2550. The fraction of sp³-hybridized carbons (Fsp3) is 0.639. The Hall–Kier alpha value is -5.32. The van der Waals surface area contributed by atoms with Crippen molar-refractivity contribution in [3.8, 4) is 0 Å². The van der Waals surface area contributed by atoms with Crippen LogP contribution in [0.2, 0.25) is 0 Å². The molecule has 0 aromatic carbocycles. The number of aliphatic hydroxyl groups is 1. The summed E-state index contributed by atoms with van der Waals surface area (Å²) in [4.78, 5) is 72.9. The van der Waals surface area contributed by atoms with Gasteiger partial charge in [-0.1, -0.05) is 263 Å². The standard InChI is InChI=1S/C83H136O17P2/c1-5-9-13-17-21-25-29-32-35-37-38-40-43-45-49-52-56-60-64-68-81(86)94-74-79(100-83(88)70-66-62-58-54-50-46-41-34-31-27-23-19-15-11-7-3)76-98-102(91,92)96-72-77(84)71-95-101(89,90)97-75-78(99-82(87)69-65-61-57-53-47-28-24-20-16-12-8-4)73-93-80(85)67-63-59-55-51-48-44-42-39-36-33-30-26-22-18-14-10-6-2/h9-11,13-15,20-27,32-36,38,40-42,44,51,55,77-79,84H,5-8,12,16-19,28-31,37,39,43,45-50,52-54,56-76H2,1-4H3,(H,89,90)(H,91,92)/b13-9-,14-10-,15-11-,24-20-,25-21-,26-22-,27-23-,35-32-,36-33-,40-38-,41-34-,44-42-,55-51-. The highest BCUT2D eigenvalue weighted by molar-refractivity contribution is 7.47. The van der Waals surface area contributed by atoms with Crippen LogP contribution in [0.15, 0.2) is 158 Å². The van der Waals surface area contributed by atoms with E-state index in [1.807, 2.05) is 12.2 Å². The summed E-state index contributed by atoms with van der Waals surface area (Å²) in [5, 5.41) is 10.6. The number of carbonyl (C=O) groups excluding carboxylic acids is 4. The maximum Gasteiger partial charge on any atom is 0.472 e. The van der Waals surface area contributed by atoms with E-state index in [1.54, 1.807) is 0 Å². The molecule has 0 radical (unpaired) electrons. The molecule has 102 heavy (non-hydrogen) atoms. The fourth-order valence-corrected chi connectivity index (χ4v) is 11.2. The van der Waals surface area contributed by atoms with Gasteiger partial charge in [-0.25, -0.2) is 9.13 Å². The Balaban J connectivity index is 5.41. The van der Waals surface area contributed by atoms with Gasteiger partial charge in [0.25, 0.3) is 0 Å². The minimum absolute atomic E-state index is 0.0657. The van der Waals surface area contributed by atoms with Crippen LogP contribution in [0.4, 0.5) is 0 Å². The molecular weight excluding hydrogens is 1330 g/mol. The summed E-state index contributed by atoms with van der Waals surface area (Å²) in [6.45, 7) is 4.37. The number of hydrogen-bond acceptors (Lipinski definition) is 15. The molecule has 0 aromatic heterocycles. The predicted molar refractivity (Wildman–Crippen MR) is 417 cm³/mol. The summed E-state index contributed by atoms with van der Waals surface area (Å²) in [6, 6.07) is 0. The number of phosphoric ester groups is 2. The second kappa shape index (κ2) is 74.0. The first kappa shape index (κ1) is 96.7. The summed E-state index contributed by atoms with van der Waals surface area (Å²) >= 11 is 0. The van der Waals surface area contributed by atoms with Crippen molar-refractivity contribution in [2.24, 2.45) is 0 Å². The maximum absolute atomic E-state index is 13.1. The molecule has 19 heteroatoms. The van der Waals surface area contributed by atoms with Crippen molar-refractivity contribution in [1.29, 1.82) is 0 Å². The minimum Gasteiger partial charge on any atom is -0.462 e. The number of esters is 4. The van der Waals surface area contributed by atoms with Crippen molar-refractivity contribution in [1.82, 2.24) is 0 Å². The number of unbranched alkanes of at least 4 members (excludes halogenated alkanes) is 19. The third-order valence-electron chi connectivity index (χ3n) is 15.5. The molecule has 0 fully saturated rings. The molecule has 0 amide bonds. The maximum atomic E-state index is 13.1. The topological polar surface area (TPSA) is 237 Å². The first-order chi connectivity index (χ1) is 49.7. The van der Waals surface area contributed by atoms with Gasteiger partial charge in [-0.05, 0) is 154 Å². The lowest BCUT2D eigenvalue weighted by Crippen LogP contribution is -2.30. The second-order valence-electron chi connectivity index (χ2n) is 25.1. The number of hydrogen-bond donors (Lipinski definition) is 3. The summed E-state index contributed by atoms with van der Waals surface area (Å²) in [6.07, 6.45) is 85.3. The molecule has 0 bridgehead atoms. The average Bonchev–Trinajstić information content (AvgIpc) is 0.926. The van der Waals surface area contributed by atoms with Gasteiger partial charge < -0.3 is 33.8 Å². The van der Waals surface area contributed by atoms with E-state index in [0.29, 0.717) is 32.1 Å². The van der Waals surface area contributed by atoms with Crippen LogP contribution in [0.5, 0.6) is 0 Å². The molecule has 0 saturated carbocycles. The van der Waals surface area contributed by atoms with Crippen molar-refractivity contribution < 1.29 is 80.2 Å². The van der Waals surface area contributed by atoms with Gasteiger partial charge in [0, 0.05) is 25.7 Å². The number of rotatable bonds is 71. The number of carbonyl (C=O) groups is 4. The van der Waals surface area contributed by atoms with E-state index >= 15 is 0 Å². The molecule has 5 atom stereocenters. The molecule has 0 saturated heterocycles. The molecule has 0 aromatic rings. The largest absolute Gasteiger partial charge is 0.472 e. The first-order valence-corrected chi connectivity index (χ1v) is 41.7. The van der Waals surface area contributed by atoms with E-state index in [0.717, 1.165) is 186 Å². The van der Waals surface area contributed by atoms with Gasteiger partial charge in [0.2, 0.25) is 0 Å². The van der Waals surface area contributed by atoms with Gasteiger partial charge >= 0.3 is 39.5 Å². The van der Waals surface area contributed by atoms with Crippen LogP contribution in [0.1, 0.15) is 285 Å². The van der Waals surface area contributed by atoms with Gasteiger partial charge in [-0.2, -0.15) is 0 Å². The summed E-state index contributed by atoms with van der Waals surface area (Å²) in [5.74, 6) is -2.30. The lowest BCUT2D eigenvalue weighted by Gasteiger charge is -2.21. The van der Waals surface area contributed by atoms with Crippen molar-refractivity contribution in [2.75, 3.05) is 39.6 Å². The predicted octanol–water partition coefficient (Wildman–Crippen LogP) is 22.4. The van der Waals surface area contributed by atoms with Gasteiger partial charge in [-0.3, -0.25) is 37.3 Å². The molecule has 17 nitrogen and oxygen atoms in total. The van der Waals surface area contributed by atoms with Crippen LogP contribution in [0.25, 0.3) is 0 Å². The second-order valence-corrected chi connectivity index (χ2v) is 28.1. The van der Waals surface area contributed by atoms with Gasteiger partial charge in [-0.15, -0.1) is 0 Å². The molecule has 0 aliphatic rings. The van der Waals surface area contributed by atoms with Crippen LogP contribution in [-0.4, -0.2) is 96.7 Å². The Morgan fingerprint density at radius 1 is 0.284 bits per heavy atom. The van der Waals surface area contributed by atoms with Crippen molar-refractivity contribution in [2.45, 2.75) is 303 Å². The fourth-order valence-electron chi connectivity index (χ4n) is 9.65. The highest BCUT2D eigenvalue weighted by Crippen LogP contribution is 2.45. The first-order valence-electron chi connectivity index (χ1n) is 38.7. The average molecular weight is 1470 g/mol. The van der Waals surface area contributed by atoms with E-state index in [2.05, 4.69) is 174 Å². The highest BCUT2D eigenvalue weighted by Gasteiger charge is 2.30. The highest BCUT2D eigenvalue weighted by atomic mass is 31.2. The van der Waals surface area contributed by atoms with Crippen molar-refractivity contribution in [3.05, 3.63) is 158 Å². The van der Waals surface area contributed by atoms with Gasteiger partial charge in [0.1, 0.15) is 19.3 Å². The molecule has 580 valence electrons. The molecule has 0 rings (SSSR count). The number of ether oxygens (including phenoxy) is 4. The third-order valence-corrected chi connectivity index (χ3v) is 17.4. The van der Waals surface area contributed by atoms with Crippen LogP contribution in [0, 0.1) is 0 Å². The summed E-state index contributed by atoms with van der Waals surface area (Å²) in [7, 11) is -9.99. The molecule has 3 N–H and O–H groups in total. The van der Waals surface area contributed by atoms with Crippen molar-refractivity contribution in [3.63, 3.8) is 0 Å². The van der Waals surface area contributed by atoms with Crippen LogP contribution < -0.4 is 0 Å². The normalized spacial score (nSPS) is 14.8. The van der Waals surface area contributed by atoms with Crippen LogP contribution >= 0.6 is 15.6 Å². The van der Waals surface area contributed by atoms with E-state index in [9.17, 15) is 43.2 Å². The third kappa shape index (κ3) is 73.0. The molecular formula is C83H136O17P2. The lowest BCUT2D eigenvalue weighted by atomic mass is 10.1. The lowest BCUT2D eigenvalue weighted by molar-refractivity contribution is -0.161. The number of phosphoric acid groups is 2. The quantitative estimate of drug-likeness (QED) is 0.0169. The zero-order chi connectivity index (χ0) is 74.6. The monoisotopic (exact) mass is 1470 g/mol. The van der Waals surface area contributed by atoms with Gasteiger partial charge in [0.05, 0.1) is 26.4 Å². The van der Waals surface area contributed by atoms with Crippen LogP contribution in [-0.2, 0) is 65.4 Å². The van der Waals surface area contributed by atoms with E-state index < -0.39 is 97.5 Å². The Labute approximate surface area is 617 Å². The Morgan fingerprint density at radius 2 is 0.520 bits per heavy atom. The van der Waals surface area contributed by atoms with E-state index in [1.165, 1.54) is 12.8 Å².